The van der Waals surface area contributed by atoms with Crippen LogP contribution in [0.5, 0.6) is 0 Å². The number of hydrogen-bond acceptors (Lipinski definition) is 6. The highest BCUT2D eigenvalue weighted by atomic mass is 32.1. The molecule has 3 fully saturated rings. The molecule has 3 aliphatic rings. The van der Waals surface area contributed by atoms with Gasteiger partial charge in [0.05, 0.1) is 11.0 Å². The number of nitrogens with two attached hydrogens (primary N) is 1. The van der Waals surface area contributed by atoms with Gasteiger partial charge in [-0.1, -0.05) is 18.2 Å². The van der Waals surface area contributed by atoms with Crippen molar-refractivity contribution in [3.63, 3.8) is 0 Å². The van der Waals surface area contributed by atoms with E-state index in [2.05, 4.69) is 10.2 Å². The molecular formula is C25H31N5O4S. The van der Waals surface area contributed by atoms with Gasteiger partial charge in [-0.2, -0.15) is 0 Å². The van der Waals surface area contributed by atoms with Gasteiger partial charge in [-0.3, -0.25) is 29.5 Å². The van der Waals surface area contributed by atoms with E-state index in [4.69, 9.17) is 5.73 Å². The molecule has 3 N–H and O–H groups in total. The molecule has 5 rings (SSSR count). The van der Waals surface area contributed by atoms with Crippen LogP contribution in [0.4, 0.5) is 9.80 Å². The Kier molecular flexibility index (Phi) is 6.27. The highest BCUT2D eigenvalue weighted by Gasteiger charge is 2.53. The van der Waals surface area contributed by atoms with Crippen LogP contribution < -0.4 is 11.1 Å². The molecule has 1 aromatic carbocycles. The molecule has 3 aliphatic heterocycles. The maximum atomic E-state index is 13.6. The number of piperidine rings is 2. The predicted octanol–water partition coefficient (Wildman–Crippen LogP) is 2.86. The molecule has 0 radical (unpaired) electrons. The van der Waals surface area contributed by atoms with Crippen LogP contribution >= 0.6 is 11.3 Å². The second kappa shape index (κ2) is 9.23. The molecule has 10 heteroatoms. The largest absolute Gasteiger partial charge is 0.351 e. The summed E-state index contributed by atoms with van der Waals surface area (Å²) in [6, 6.07) is 7.19. The summed E-state index contributed by atoms with van der Waals surface area (Å²) in [5.41, 5.74) is 5.27. The highest BCUT2D eigenvalue weighted by molar-refractivity contribution is 7.23. The van der Waals surface area contributed by atoms with Gasteiger partial charge in [0, 0.05) is 48.7 Å². The molecule has 0 aliphatic carbocycles. The maximum Gasteiger partial charge on any atom is 0.317 e. The van der Waals surface area contributed by atoms with E-state index >= 15 is 0 Å². The average Bonchev–Trinajstić information content (AvgIpc) is 3.31. The number of nitrogens with one attached hydrogen (secondary N) is 1. The predicted molar refractivity (Wildman–Crippen MR) is 134 cm³/mol. The van der Waals surface area contributed by atoms with Crippen molar-refractivity contribution in [2.75, 3.05) is 38.0 Å². The molecule has 186 valence electrons. The van der Waals surface area contributed by atoms with Crippen molar-refractivity contribution in [1.82, 2.24) is 14.7 Å². The van der Waals surface area contributed by atoms with Crippen LogP contribution in [-0.4, -0.2) is 77.2 Å². The third-order valence-electron chi connectivity index (χ3n) is 7.73. The Hall–Kier alpha value is -2.98. The van der Waals surface area contributed by atoms with E-state index < -0.39 is 11.4 Å². The fourth-order valence-corrected chi connectivity index (χ4v) is 7.13. The fourth-order valence-electron chi connectivity index (χ4n) is 6.03. The number of anilines is 1. The van der Waals surface area contributed by atoms with Crippen LogP contribution in [0.3, 0.4) is 0 Å². The number of carbonyl (C=O) groups is 4. The van der Waals surface area contributed by atoms with Crippen molar-refractivity contribution >= 4 is 50.2 Å². The molecule has 4 heterocycles. The number of thiophene rings is 1. The lowest BCUT2D eigenvalue weighted by Crippen LogP contribution is -2.54. The molecule has 1 aromatic heterocycles. The molecular weight excluding hydrogens is 466 g/mol. The third kappa shape index (κ3) is 4.18. The molecule has 1 unspecified atom stereocenters. The van der Waals surface area contributed by atoms with Gasteiger partial charge in [0.15, 0.2) is 0 Å². The number of hydrogen-bond donors (Lipinski definition) is 2. The lowest BCUT2D eigenvalue weighted by Gasteiger charge is -2.45. The first-order chi connectivity index (χ1) is 16.8. The minimum absolute atomic E-state index is 0.0128. The van der Waals surface area contributed by atoms with Crippen molar-refractivity contribution in [3.05, 3.63) is 29.8 Å². The van der Waals surface area contributed by atoms with Crippen LogP contribution in [0, 0.1) is 5.41 Å². The van der Waals surface area contributed by atoms with Gasteiger partial charge in [-0.25, -0.2) is 4.79 Å². The summed E-state index contributed by atoms with van der Waals surface area (Å²) < 4.78 is 0.921. The van der Waals surface area contributed by atoms with Crippen LogP contribution in [0.2, 0.25) is 0 Å². The number of urea groups is 1. The second-order valence-electron chi connectivity index (χ2n) is 9.79. The lowest BCUT2D eigenvalue weighted by molar-refractivity contribution is -0.143. The number of fused-ring (bicyclic) bond motifs is 1. The van der Waals surface area contributed by atoms with Gasteiger partial charge in [0.2, 0.25) is 11.8 Å². The van der Waals surface area contributed by atoms with Crippen molar-refractivity contribution in [2.24, 2.45) is 11.1 Å². The fraction of sp³-hybridized carbons (Fsp3) is 0.520. The van der Waals surface area contributed by atoms with Gasteiger partial charge in [-0.15, -0.1) is 11.3 Å². The minimum atomic E-state index is -0.690. The summed E-state index contributed by atoms with van der Waals surface area (Å²) in [7, 11) is 0. The third-order valence-corrected chi connectivity index (χ3v) is 8.81. The van der Waals surface area contributed by atoms with Crippen LogP contribution in [0.1, 0.15) is 49.4 Å². The molecule has 0 bridgehead atoms. The number of likely N-dealkylation sites (tertiary alicyclic amines) is 3. The zero-order chi connectivity index (χ0) is 24.7. The van der Waals surface area contributed by atoms with Crippen molar-refractivity contribution in [2.45, 2.75) is 45.1 Å². The lowest BCUT2D eigenvalue weighted by atomic mass is 9.77. The van der Waals surface area contributed by atoms with Gasteiger partial charge in [0.1, 0.15) is 5.00 Å². The Morgan fingerprint density at radius 3 is 2.60 bits per heavy atom. The first kappa shape index (κ1) is 23.7. The van der Waals surface area contributed by atoms with E-state index in [1.165, 1.54) is 16.2 Å². The normalized spacial score (nSPS) is 24.0. The average molecular weight is 498 g/mol. The minimum Gasteiger partial charge on any atom is -0.351 e. The van der Waals surface area contributed by atoms with E-state index in [1.807, 2.05) is 36.1 Å². The Morgan fingerprint density at radius 1 is 1.17 bits per heavy atom. The zero-order valence-electron chi connectivity index (χ0n) is 19.9. The van der Waals surface area contributed by atoms with E-state index in [9.17, 15) is 19.2 Å². The number of rotatable bonds is 4. The molecule has 35 heavy (non-hydrogen) atoms. The van der Waals surface area contributed by atoms with E-state index in [-0.39, 0.29) is 23.8 Å². The number of primary amides is 1. The van der Waals surface area contributed by atoms with Gasteiger partial charge in [0.25, 0.3) is 5.91 Å². The monoisotopic (exact) mass is 497 g/mol. The smallest absolute Gasteiger partial charge is 0.317 e. The van der Waals surface area contributed by atoms with Crippen LogP contribution in [-0.2, 0) is 9.59 Å². The number of amides is 5. The molecule has 1 atom stereocenters. The summed E-state index contributed by atoms with van der Waals surface area (Å²) in [6.45, 7) is 5.01. The summed E-state index contributed by atoms with van der Waals surface area (Å²) in [5, 5.41) is 3.92. The Bertz CT molecular complexity index is 1190. The first-order valence-corrected chi connectivity index (χ1v) is 13.1. The molecule has 3 saturated heterocycles. The number of benzene rings is 1. The van der Waals surface area contributed by atoms with Gasteiger partial charge < -0.3 is 10.6 Å². The van der Waals surface area contributed by atoms with Crippen LogP contribution in [0.25, 0.3) is 10.1 Å². The second-order valence-corrected chi connectivity index (χ2v) is 10.8. The van der Waals surface area contributed by atoms with Gasteiger partial charge in [-0.05, 0) is 45.2 Å². The molecule has 9 nitrogen and oxygen atoms in total. The van der Waals surface area contributed by atoms with E-state index in [1.54, 1.807) is 0 Å². The number of nitrogens with zero attached hydrogens (tertiary/aromatic N) is 3. The quantitative estimate of drug-likeness (QED) is 0.630. The molecule has 0 saturated carbocycles. The first-order valence-electron chi connectivity index (χ1n) is 12.3. The van der Waals surface area contributed by atoms with Crippen LogP contribution in [0.15, 0.2) is 24.3 Å². The Morgan fingerprint density at radius 2 is 1.91 bits per heavy atom. The number of imide groups is 1. The van der Waals surface area contributed by atoms with E-state index in [0.29, 0.717) is 43.2 Å². The standard InChI is InChI=1S/C25H31N5O4S/c1-2-30-19(31)14-25(23(30)33)10-5-11-29(15-25)16-8-12-28(13-9-16)22(32)20-17-6-3-4-7-18(17)35-21(20)27-24(26)34/h3-4,6-7,16H,2,5,8-15H2,1H3,(H3,26,27,34). The molecule has 2 aromatic rings. The number of carbonyl (C=O) groups excluding carboxylic acids is 4. The van der Waals surface area contributed by atoms with E-state index in [0.717, 1.165) is 42.3 Å². The SMILES string of the molecule is CCN1C(=O)CC2(CCCN(C3CCN(C(=O)c4c(NC(N)=O)sc5ccccc45)CC3)C2)C1=O. The Labute approximate surface area is 208 Å². The summed E-state index contributed by atoms with van der Waals surface area (Å²) in [4.78, 5) is 56.2. The zero-order valence-corrected chi connectivity index (χ0v) is 20.7. The molecule has 1 spiro atoms. The summed E-state index contributed by atoms with van der Waals surface area (Å²) in [5.74, 6) is -0.167. The van der Waals surface area contributed by atoms with Crippen molar-refractivity contribution in [3.8, 4) is 0 Å². The van der Waals surface area contributed by atoms with Gasteiger partial charge >= 0.3 is 6.03 Å². The molecule has 5 amide bonds. The van der Waals surface area contributed by atoms with Crippen molar-refractivity contribution in [1.29, 1.82) is 0 Å². The Balaban J connectivity index is 1.28. The highest BCUT2D eigenvalue weighted by Crippen LogP contribution is 2.42. The summed E-state index contributed by atoms with van der Waals surface area (Å²) >= 11 is 1.35. The van der Waals surface area contributed by atoms with Crippen molar-refractivity contribution < 1.29 is 19.2 Å². The summed E-state index contributed by atoms with van der Waals surface area (Å²) in [6.07, 6.45) is 3.60. The topological polar surface area (TPSA) is 116 Å². The maximum absolute atomic E-state index is 13.6.